The van der Waals surface area contributed by atoms with Crippen LogP contribution in [-0.2, 0) is 0 Å². The zero-order chi connectivity index (χ0) is 16.4. The maximum atomic E-state index is 12.3. The number of nitrogens with one attached hydrogen (secondary N) is 2. The van der Waals surface area contributed by atoms with Gasteiger partial charge in [-0.3, -0.25) is 14.6 Å². The summed E-state index contributed by atoms with van der Waals surface area (Å²) >= 11 is 1.17. The molecule has 8 heteroatoms. The van der Waals surface area contributed by atoms with Gasteiger partial charge in [-0.1, -0.05) is 11.8 Å². The molecular weight excluding hydrogens is 316 g/mol. The number of Topliss-reactive ketones (excluding diaryl/α,β-unsaturated/α-hetero) is 1. The summed E-state index contributed by atoms with van der Waals surface area (Å²) < 4.78 is 5.18. The molecule has 23 heavy (non-hydrogen) atoms. The van der Waals surface area contributed by atoms with E-state index in [4.69, 9.17) is 4.74 Å². The Morgan fingerprint density at radius 1 is 1.39 bits per heavy atom. The molecule has 0 aliphatic carbocycles. The number of methoxy groups -OCH3 is 1. The van der Waals surface area contributed by atoms with Crippen LogP contribution in [-0.4, -0.2) is 38.6 Å². The maximum absolute atomic E-state index is 12.3. The zero-order valence-corrected chi connectivity index (χ0v) is 13.4. The number of ether oxygens (including phenoxy) is 1. The van der Waals surface area contributed by atoms with E-state index in [1.54, 1.807) is 25.3 Å². The van der Waals surface area contributed by atoms with Crippen LogP contribution in [0.4, 0.5) is 0 Å². The average Bonchev–Trinajstić information content (AvgIpc) is 3.01. The van der Waals surface area contributed by atoms with Gasteiger partial charge in [-0.05, 0) is 30.7 Å². The predicted molar refractivity (Wildman–Crippen MR) is 87.3 cm³/mol. The highest BCUT2D eigenvalue weighted by Gasteiger charge is 2.11. The first-order valence-corrected chi connectivity index (χ1v) is 7.81. The number of benzene rings is 1. The molecule has 0 aliphatic rings. The van der Waals surface area contributed by atoms with Gasteiger partial charge < -0.3 is 9.72 Å². The molecule has 1 aromatic carbocycles. The van der Waals surface area contributed by atoms with Crippen molar-refractivity contribution in [3.63, 3.8) is 0 Å². The number of rotatable bonds is 5. The second-order valence-corrected chi connectivity index (χ2v) is 5.83. The van der Waals surface area contributed by atoms with Gasteiger partial charge in [0.25, 0.3) is 5.56 Å². The van der Waals surface area contributed by atoms with E-state index in [1.807, 2.05) is 6.92 Å². The fourth-order valence-corrected chi connectivity index (χ4v) is 2.91. The number of carbonyl (C=O) groups excluding carboxylic acids is 1. The van der Waals surface area contributed by atoms with Crippen LogP contribution < -0.4 is 10.3 Å². The number of fused-ring (bicyclic) bond motifs is 1. The highest BCUT2D eigenvalue weighted by atomic mass is 32.2. The van der Waals surface area contributed by atoms with Crippen LogP contribution in [0.5, 0.6) is 5.75 Å². The third-order valence-corrected chi connectivity index (χ3v) is 4.20. The monoisotopic (exact) mass is 330 g/mol. The third-order valence-electron chi connectivity index (χ3n) is 3.33. The maximum Gasteiger partial charge on any atom is 0.277 e. The van der Waals surface area contributed by atoms with Gasteiger partial charge in [-0.25, -0.2) is 9.97 Å². The molecule has 0 saturated carbocycles. The number of thioether (sulfide) groups is 1. The molecule has 0 unspecified atom stereocenters. The molecule has 0 saturated heterocycles. The minimum absolute atomic E-state index is 0.0504. The van der Waals surface area contributed by atoms with Crippen LogP contribution in [0.1, 0.15) is 15.9 Å². The van der Waals surface area contributed by atoms with Crippen molar-refractivity contribution in [2.24, 2.45) is 0 Å². The first-order chi connectivity index (χ1) is 11.1. The lowest BCUT2D eigenvalue weighted by atomic mass is 10.1. The van der Waals surface area contributed by atoms with Crippen molar-refractivity contribution in [1.82, 2.24) is 19.9 Å². The summed E-state index contributed by atoms with van der Waals surface area (Å²) in [5.41, 5.74) is 1.85. The Morgan fingerprint density at radius 2 is 2.22 bits per heavy atom. The predicted octanol–water partition coefficient (Wildman–Crippen LogP) is 1.94. The summed E-state index contributed by atoms with van der Waals surface area (Å²) in [5.74, 6) is 0.861. The second-order valence-electron chi connectivity index (χ2n) is 4.87. The second kappa shape index (κ2) is 6.25. The molecule has 7 nitrogen and oxygen atoms in total. The number of H-pyrrole nitrogens is 2. The molecule has 0 radical (unpaired) electrons. The van der Waals surface area contributed by atoms with Gasteiger partial charge in [0.15, 0.2) is 22.1 Å². The van der Waals surface area contributed by atoms with Crippen molar-refractivity contribution >= 4 is 28.7 Å². The van der Waals surface area contributed by atoms with Gasteiger partial charge in [0, 0.05) is 5.56 Å². The fourth-order valence-electron chi connectivity index (χ4n) is 2.16. The minimum Gasteiger partial charge on any atom is -0.496 e. The van der Waals surface area contributed by atoms with Crippen LogP contribution >= 0.6 is 11.8 Å². The summed E-state index contributed by atoms with van der Waals surface area (Å²) in [6.45, 7) is 1.88. The Hall–Kier alpha value is -2.61. The van der Waals surface area contributed by atoms with Gasteiger partial charge >= 0.3 is 0 Å². The molecule has 2 N–H and O–H groups in total. The lowest BCUT2D eigenvalue weighted by Crippen LogP contribution is -2.10. The number of hydrogen-bond acceptors (Lipinski definition) is 6. The van der Waals surface area contributed by atoms with Crippen molar-refractivity contribution in [3.05, 3.63) is 46.0 Å². The van der Waals surface area contributed by atoms with Crippen LogP contribution in [0.25, 0.3) is 11.2 Å². The average molecular weight is 330 g/mol. The number of hydrogen-bond donors (Lipinski definition) is 2. The number of nitrogens with zero attached hydrogens (tertiary/aromatic N) is 2. The van der Waals surface area contributed by atoms with Crippen LogP contribution in [0.3, 0.4) is 0 Å². The Bertz CT molecular complexity index is 932. The van der Waals surface area contributed by atoms with Crippen LogP contribution in [0.15, 0.2) is 34.5 Å². The number of aromatic nitrogens is 4. The Labute approximate surface area is 135 Å². The van der Waals surface area contributed by atoms with E-state index < -0.39 is 0 Å². The van der Waals surface area contributed by atoms with E-state index in [-0.39, 0.29) is 17.1 Å². The first kappa shape index (κ1) is 15.3. The highest BCUT2D eigenvalue weighted by Crippen LogP contribution is 2.21. The number of aromatic amines is 2. The quantitative estimate of drug-likeness (QED) is 0.421. The molecule has 0 aliphatic heterocycles. The van der Waals surface area contributed by atoms with Crippen molar-refractivity contribution in [1.29, 1.82) is 0 Å². The normalized spacial score (nSPS) is 10.9. The van der Waals surface area contributed by atoms with E-state index in [1.165, 1.54) is 18.1 Å². The molecule has 0 spiro atoms. The van der Waals surface area contributed by atoms with E-state index >= 15 is 0 Å². The molecule has 0 fully saturated rings. The smallest absolute Gasteiger partial charge is 0.277 e. The molecule has 0 atom stereocenters. The number of aryl methyl sites for hydroxylation is 1. The summed E-state index contributed by atoms with van der Waals surface area (Å²) in [4.78, 5) is 37.6. The highest BCUT2D eigenvalue weighted by molar-refractivity contribution is 7.99. The molecule has 3 aromatic rings. The standard InChI is InChI=1S/C15H14N4O3S/c1-8-5-9(3-4-11(8)22-2)10(20)6-23-15-18-13-12(14(21)19-15)16-7-17-13/h3-5,7H,6H2,1-2H3,(H2,16,17,18,19,21). The van der Waals surface area contributed by atoms with Crippen LogP contribution in [0.2, 0.25) is 0 Å². The Morgan fingerprint density at radius 3 is 2.96 bits per heavy atom. The number of imidazole rings is 1. The summed E-state index contributed by atoms with van der Waals surface area (Å²) in [6.07, 6.45) is 1.41. The van der Waals surface area contributed by atoms with Crippen molar-refractivity contribution in [2.45, 2.75) is 12.1 Å². The molecule has 2 aromatic heterocycles. The van der Waals surface area contributed by atoms with Gasteiger partial charge in [-0.2, -0.15) is 0 Å². The summed E-state index contributed by atoms with van der Waals surface area (Å²) in [5, 5.41) is 0.369. The summed E-state index contributed by atoms with van der Waals surface area (Å²) in [7, 11) is 1.59. The SMILES string of the molecule is COc1ccc(C(=O)CSc2nc3nc[nH]c3c(=O)[nH]2)cc1C. The third kappa shape index (κ3) is 3.11. The van der Waals surface area contributed by atoms with E-state index in [0.29, 0.717) is 21.9 Å². The first-order valence-electron chi connectivity index (χ1n) is 6.82. The number of carbonyl (C=O) groups is 1. The van der Waals surface area contributed by atoms with E-state index in [0.717, 1.165) is 11.3 Å². The van der Waals surface area contributed by atoms with Gasteiger partial charge in [0.2, 0.25) is 0 Å². The van der Waals surface area contributed by atoms with Crippen molar-refractivity contribution in [2.75, 3.05) is 12.9 Å². The van der Waals surface area contributed by atoms with Crippen molar-refractivity contribution < 1.29 is 9.53 Å². The lowest BCUT2D eigenvalue weighted by Gasteiger charge is -2.06. The molecule has 0 bridgehead atoms. The lowest BCUT2D eigenvalue weighted by molar-refractivity contribution is 0.102. The van der Waals surface area contributed by atoms with E-state index in [2.05, 4.69) is 19.9 Å². The van der Waals surface area contributed by atoms with Crippen LogP contribution in [0, 0.1) is 6.92 Å². The zero-order valence-electron chi connectivity index (χ0n) is 12.5. The van der Waals surface area contributed by atoms with Crippen molar-refractivity contribution in [3.8, 4) is 5.75 Å². The van der Waals surface area contributed by atoms with E-state index in [9.17, 15) is 9.59 Å². The minimum atomic E-state index is -0.303. The van der Waals surface area contributed by atoms with Gasteiger partial charge in [0.05, 0.1) is 19.2 Å². The Kier molecular flexibility index (Phi) is 4.16. The molecular formula is C15H14N4O3S. The van der Waals surface area contributed by atoms with Gasteiger partial charge in [0.1, 0.15) is 5.75 Å². The molecule has 118 valence electrons. The fraction of sp³-hybridized carbons (Fsp3) is 0.200. The largest absolute Gasteiger partial charge is 0.496 e. The summed E-state index contributed by atoms with van der Waals surface area (Å²) in [6, 6.07) is 5.28. The topological polar surface area (TPSA) is 101 Å². The molecule has 0 amide bonds. The molecule has 3 rings (SSSR count). The Balaban J connectivity index is 1.75. The van der Waals surface area contributed by atoms with Gasteiger partial charge in [-0.15, -0.1) is 0 Å². The number of ketones is 1. The molecule has 2 heterocycles.